The Balaban J connectivity index is 1.64. The molecule has 0 radical (unpaired) electrons. The summed E-state index contributed by atoms with van der Waals surface area (Å²) in [5.74, 6) is 3.40. The molecule has 1 aromatic rings. The highest BCUT2D eigenvalue weighted by atomic mass is 16.3. The zero-order chi connectivity index (χ0) is 15.2. The summed E-state index contributed by atoms with van der Waals surface area (Å²) in [7, 11) is 1.85. The van der Waals surface area contributed by atoms with Gasteiger partial charge in [0.25, 0.3) is 0 Å². The summed E-state index contributed by atoms with van der Waals surface area (Å²) in [5.41, 5.74) is 5.73. The van der Waals surface area contributed by atoms with Crippen molar-refractivity contribution in [3.63, 3.8) is 0 Å². The number of furan rings is 1. The van der Waals surface area contributed by atoms with Gasteiger partial charge in [-0.1, -0.05) is 13.3 Å². The lowest BCUT2D eigenvalue weighted by Gasteiger charge is -2.32. The monoisotopic (exact) mass is 290 g/mol. The Bertz CT molecular complexity index is 539. The van der Waals surface area contributed by atoms with Crippen molar-refractivity contribution in [3.8, 4) is 0 Å². The molecule has 1 amide bonds. The molecule has 116 valence electrons. The smallest absolute Gasteiger partial charge is 0.230 e. The minimum atomic E-state index is -0.408. The lowest BCUT2D eigenvalue weighted by atomic mass is 9.83. The van der Waals surface area contributed by atoms with E-state index in [9.17, 15) is 4.79 Å². The van der Waals surface area contributed by atoms with Crippen molar-refractivity contribution < 1.29 is 9.21 Å². The van der Waals surface area contributed by atoms with Gasteiger partial charge in [-0.15, -0.1) is 0 Å². The molecule has 2 fully saturated rings. The summed E-state index contributed by atoms with van der Waals surface area (Å²) in [6, 6.07) is 4.04. The van der Waals surface area contributed by atoms with Gasteiger partial charge in [-0.25, -0.2) is 0 Å². The van der Waals surface area contributed by atoms with E-state index in [1.165, 1.54) is 6.42 Å². The van der Waals surface area contributed by atoms with Crippen molar-refractivity contribution in [2.45, 2.75) is 58.0 Å². The molecule has 2 aliphatic carbocycles. The molecule has 4 atom stereocenters. The van der Waals surface area contributed by atoms with Crippen molar-refractivity contribution in [2.75, 3.05) is 7.05 Å². The van der Waals surface area contributed by atoms with Gasteiger partial charge < -0.3 is 15.1 Å². The number of hydrogen-bond donors (Lipinski definition) is 1. The molecule has 4 unspecified atom stereocenters. The van der Waals surface area contributed by atoms with E-state index in [0.717, 1.165) is 36.7 Å². The number of nitrogens with two attached hydrogens (primary N) is 1. The molecule has 2 N–H and O–H groups in total. The molecule has 2 aliphatic rings. The molecule has 21 heavy (non-hydrogen) atoms. The summed E-state index contributed by atoms with van der Waals surface area (Å²) in [6.45, 7) is 4.77. The Hall–Kier alpha value is -1.29. The van der Waals surface area contributed by atoms with E-state index in [-0.39, 0.29) is 11.9 Å². The normalized spacial score (nSPS) is 35.0. The highest BCUT2D eigenvalue weighted by molar-refractivity contribution is 5.83. The molecule has 0 saturated heterocycles. The fourth-order valence-corrected chi connectivity index (χ4v) is 3.60. The molecule has 0 bridgehead atoms. The molecule has 4 nitrogen and oxygen atoms in total. The Labute approximate surface area is 126 Å². The Morgan fingerprint density at radius 2 is 2.24 bits per heavy atom. The Kier molecular flexibility index (Phi) is 3.60. The van der Waals surface area contributed by atoms with Crippen LogP contribution in [0.5, 0.6) is 0 Å². The second-order valence-corrected chi connectivity index (χ2v) is 7.20. The van der Waals surface area contributed by atoms with E-state index < -0.39 is 5.41 Å². The predicted octanol–water partition coefficient (Wildman–Crippen LogP) is 2.88. The first-order valence-corrected chi connectivity index (χ1v) is 8.01. The molecule has 2 saturated carbocycles. The van der Waals surface area contributed by atoms with Crippen LogP contribution in [0.4, 0.5) is 0 Å². The first-order valence-electron chi connectivity index (χ1n) is 8.01. The summed E-state index contributed by atoms with van der Waals surface area (Å²) in [6.07, 6.45) is 4.09. The zero-order valence-electron chi connectivity index (χ0n) is 13.3. The maximum absolute atomic E-state index is 12.7. The average Bonchev–Trinajstić information content (AvgIpc) is 2.84. The first-order chi connectivity index (χ1) is 9.91. The van der Waals surface area contributed by atoms with Gasteiger partial charge in [0.15, 0.2) is 0 Å². The summed E-state index contributed by atoms with van der Waals surface area (Å²) >= 11 is 0. The molecular weight excluding hydrogens is 264 g/mol. The number of rotatable bonds is 4. The summed E-state index contributed by atoms with van der Waals surface area (Å²) in [5, 5.41) is 0. The second-order valence-electron chi connectivity index (χ2n) is 7.20. The third-order valence-electron chi connectivity index (χ3n) is 5.42. The van der Waals surface area contributed by atoms with Crippen molar-refractivity contribution >= 4 is 5.91 Å². The number of carbonyl (C=O) groups is 1. The van der Waals surface area contributed by atoms with Crippen molar-refractivity contribution in [3.05, 3.63) is 23.7 Å². The fourth-order valence-electron chi connectivity index (χ4n) is 3.60. The van der Waals surface area contributed by atoms with Gasteiger partial charge in [-0.05, 0) is 44.2 Å². The predicted molar refractivity (Wildman–Crippen MR) is 81.6 cm³/mol. The van der Waals surface area contributed by atoms with Crippen LogP contribution in [0.2, 0.25) is 0 Å². The van der Waals surface area contributed by atoms with Crippen molar-refractivity contribution in [1.82, 2.24) is 4.90 Å². The minimum absolute atomic E-state index is 0.0214. The SMILES string of the molecule is CC1CC1c1ccc(CN(C)C(=O)C2(C)CCCC2N)o1. The third-order valence-corrected chi connectivity index (χ3v) is 5.42. The topological polar surface area (TPSA) is 59.5 Å². The van der Waals surface area contributed by atoms with Crippen LogP contribution in [-0.2, 0) is 11.3 Å². The summed E-state index contributed by atoms with van der Waals surface area (Å²) in [4.78, 5) is 14.5. The Morgan fingerprint density at radius 1 is 1.52 bits per heavy atom. The van der Waals surface area contributed by atoms with Crippen LogP contribution in [0.3, 0.4) is 0 Å². The molecule has 0 aromatic carbocycles. The third kappa shape index (κ3) is 2.61. The van der Waals surface area contributed by atoms with Gasteiger partial charge in [0.1, 0.15) is 11.5 Å². The van der Waals surface area contributed by atoms with Gasteiger partial charge >= 0.3 is 0 Å². The van der Waals surface area contributed by atoms with E-state index in [2.05, 4.69) is 13.0 Å². The lowest BCUT2D eigenvalue weighted by Crippen LogP contribution is -2.47. The highest BCUT2D eigenvalue weighted by Crippen LogP contribution is 2.47. The van der Waals surface area contributed by atoms with Crippen LogP contribution < -0.4 is 5.73 Å². The van der Waals surface area contributed by atoms with Gasteiger partial charge in [0.2, 0.25) is 5.91 Å². The van der Waals surface area contributed by atoms with E-state index in [4.69, 9.17) is 10.2 Å². The number of amides is 1. The number of nitrogens with zero attached hydrogens (tertiary/aromatic N) is 1. The van der Waals surface area contributed by atoms with Crippen LogP contribution in [0.25, 0.3) is 0 Å². The summed E-state index contributed by atoms with van der Waals surface area (Å²) < 4.78 is 5.90. The molecule has 3 rings (SSSR count). The van der Waals surface area contributed by atoms with Crippen LogP contribution >= 0.6 is 0 Å². The van der Waals surface area contributed by atoms with E-state index in [0.29, 0.717) is 12.5 Å². The van der Waals surface area contributed by atoms with E-state index in [1.807, 2.05) is 20.0 Å². The number of hydrogen-bond acceptors (Lipinski definition) is 3. The average molecular weight is 290 g/mol. The first kappa shape index (κ1) is 14.6. The van der Waals surface area contributed by atoms with E-state index >= 15 is 0 Å². The number of carbonyl (C=O) groups excluding carboxylic acids is 1. The van der Waals surface area contributed by atoms with E-state index in [1.54, 1.807) is 4.90 Å². The lowest BCUT2D eigenvalue weighted by molar-refractivity contribution is -0.141. The van der Waals surface area contributed by atoms with Crippen LogP contribution in [0.15, 0.2) is 16.5 Å². The molecule has 1 heterocycles. The maximum atomic E-state index is 12.7. The van der Waals surface area contributed by atoms with Crippen LogP contribution in [0.1, 0.15) is 57.0 Å². The van der Waals surface area contributed by atoms with Gasteiger partial charge in [-0.2, -0.15) is 0 Å². The molecule has 4 heteroatoms. The zero-order valence-corrected chi connectivity index (χ0v) is 13.3. The fraction of sp³-hybridized carbons (Fsp3) is 0.706. The van der Waals surface area contributed by atoms with Crippen LogP contribution in [0, 0.1) is 11.3 Å². The van der Waals surface area contributed by atoms with Gasteiger partial charge in [-0.3, -0.25) is 4.79 Å². The van der Waals surface area contributed by atoms with Crippen molar-refractivity contribution in [2.24, 2.45) is 17.1 Å². The van der Waals surface area contributed by atoms with Gasteiger partial charge in [0.05, 0.1) is 12.0 Å². The minimum Gasteiger partial charge on any atom is -0.464 e. The second kappa shape index (κ2) is 5.16. The molecule has 1 aromatic heterocycles. The quantitative estimate of drug-likeness (QED) is 0.927. The van der Waals surface area contributed by atoms with Crippen molar-refractivity contribution in [1.29, 1.82) is 0 Å². The Morgan fingerprint density at radius 3 is 2.81 bits per heavy atom. The molecule has 0 aliphatic heterocycles. The highest BCUT2D eigenvalue weighted by Gasteiger charge is 2.44. The van der Waals surface area contributed by atoms with Gasteiger partial charge in [0, 0.05) is 19.0 Å². The molecule has 0 spiro atoms. The molecular formula is C17H26N2O2. The van der Waals surface area contributed by atoms with Crippen LogP contribution in [-0.4, -0.2) is 23.9 Å². The largest absolute Gasteiger partial charge is 0.464 e. The standard InChI is InChI=1S/C17H26N2O2/c1-11-9-13(11)14-7-6-12(21-14)10-19(3)16(20)17(2)8-4-5-15(17)18/h6-7,11,13,15H,4-5,8-10,18H2,1-3H3. The maximum Gasteiger partial charge on any atom is 0.230 e.